The van der Waals surface area contributed by atoms with E-state index in [1.807, 2.05) is 0 Å². The number of fused-ring (bicyclic) bond motifs is 6. The molecule has 0 saturated heterocycles. The van der Waals surface area contributed by atoms with E-state index in [2.05, 4.69) is 222 Å². The van der Waals surface area contributed by atoms with E-state index >= 15 is 0 Å². The number of nitrogens with zero attached hydrogens (tertiary/aromatic N) is 3. The molecule has 13 rings (SSSR count). The molecular formula is C55H35N3. The third-order valence-electron chi connectivity index (χ3n) is 13.2. The van der Waals surface area contributed by atoms with E-state index < -0.39 is 11.1 Å². The largest absolute Gasteiger partial charge is 0.322 e. The van der Waals surface area contributed by atoms with Crippen molar-refractivity contribution in [2.24, 2.45) is 0 Å². The molecule has 0 spiro atoms. The standard InChI is InChI=1S/C55H35N3/c1-5-25-48-42(19-1)43-20-2-6-26-49(43)57(48)54(31-29-38-15-9-13-36-17-11-23-46(54)52(36)38)40-33-41(35-56-34-40)55(32-30-39-16-10-14-37-18-12-24-47(55)53(37)39)58-50-27-7-3-21-44(50)45-22-4-8-28-51(45)58/h1-35H. The van der Waals surface area contributed by atoms with Gasteiger partial charge in [0.05, 0.1) is 22.1 Å². The fraction of sp³-hybridized carbons (Fsp3) is 0.0364. The second-order valence-electron chi connectivity index (χ2n) is 15.9. The van der Waals surface area contributed by atoms with Gasteiger partial charge in [-0.1, -0.05) is 158 Å². The van der Waals surface area contributed by atoms with Gasteiger partial charge in [-0.2, -0.15) is 0 Å². The van der Waals surface area contributed by atoms with Crippen LogP contribution in [0.2, 0.25) is 0 Å². The molecule has 8 aromatic carbocycles. The number of benzene rings is 8. The normalized spacial score (nSPS) is 18.3. The molecule has 0 radical (unpaired) electrons. The second kappa shape index (κ2) is 11.5. The van der Waals surface area contributed by atoms with Crippen molar-refractivity contribution in [3.05, 3.63) is 234 Å². The van der Waals surface area contributed by atoms with Crippen LogP contribution in [-0.4, -0.2) is 14.1 Å². The van der Waals surface area contributed by atoms with Gasteiger partial charge < -0.3 is 9.13 Å². The van der Waals surface area contributed by atoms with Crippen molar-refractivity contribution in [1.82, 2.24) is 14.1 Å². The highest BCUT2D eigenvalue weighted by Crippen LogP contribution is 2.52. The molecule has 3 aromatic heterocycles. The van der Waals surface area contributed by atoms with E-state index in [0.29, 0.717) is 0 Å². The highest BCUT2D eigenvalue weighted by Gasteiger charge is 2.44. The SMILES string of the molecule is C1=CC(c2cncc(C3(n4c5ccccc5c5ccccc54)C=Cc4cccc5cccc3c45)c2)(n2c3ccccc3c3ccccc32)c2cccc3cccc1c23. The Balaban J connectivity index is 1.20. The summed E-state index contributed by atoms with van der Waals surface area (Å²) in [5.41, 5.74) is 10.4. The maximum Gasteiger partial charge on any atom is 0.116 e. The summed E-state index contributed by atoms with van der Waals surface area (Å²) in [5, 5.41) is 9.95. The Morgan fingerprint density at radius 1 is 0.362 bits per heavy atom. The van der Waals surface area contributed by atoms with Crippen LogP contribution >= 0.6 is 0 Å². The molecule has 3 nitrogen and oxygen atoms in total. The van der Waals surface area contributed by atoms with E-state index in [1.165, 1.54) is 87.4 Å². The van der Waals surface area contributed by atoms with Gasteiger partial charge in [0.2, 0.25) is 0 Å². The van der Waals surface area contributed by atoms with Crippen LogP contribution in [0.25, 0.3) is 77.3 Å². The molecule has 2 aliphatic rings. The Bertz CT molecular complexity index is 3250. The number of rotatable bonds is 4. The van der Waals surface area contributed by atoms with Crippen molar-refractivity contribution >= 4 is 77.3 Å². The minimum atomic E-state index is -0.746. The van der Waals surface area contributed by atoms with Gasteiger partial charge >= 0.3 is 0 Å². The number of para-hydroxylation sites is 4. The van der Waals surface area contributed by atoms with Crippen LogP contribution in [0.1, 0.15) is 33.4 Å². The van der Waals surface area contributed by atoms with Crippen molar-refractivity contribution in [2.75, 3.05) is 0 Å². The lowest BCUT2D eigenvalue weighted by molar-refractivity contribution is 0.553. The quantitative estimate of drug-likeness (QED) is 0.176. The lowest BCUT2D eigenvalue weighted by Gasteiger charge is -2.41. The van der Waals surface area contributed by atoms with Crippen molar-refractivity contribution in [2.45, 2.75) is 11.1 Å². The molecule has 58 heavy (non-hydrogen) atoms. The van der Waals surface area contributed by atoms with E-state index in [9.17, 15) is 0 Å². The average Bonchev–Trinajstić information content (AvgIpc) is 3.81. The topological polar surface area (TPSA) is 22.8 Å². The molecule has 0 aliphatic heterocycles. The number of hydrogen-bond donors (Lipinski definition) is 0. The van der Waals surface area contributed by atoms with Crippen molar-refractivity contribution in [1.29, 1.82) is 0 Å². The molecule has 3 heterocycles. The predicted molar refractivity (Wildman–Crippen MR) is 241 cm³/mol. The Kier molecular flexibility index (Phi) is 6.30. The molecule has 2 aliphatic carbocycles. The van der Waals surface area contributed by atoms with Gasteiger partial charge in [-0.3, -0.25) is 4.98 Å². The Morgan fingerprint density at radius 3 is 1.12 bits per heavy atom. The summed E-state index contributed by atoms with van der Waals surface area (Å²) in [7, 11) is 0. The van der Waals surface area contributed by atoms with Gasteiger partial charge in [0, 0.05) is 45.1 Å². The van der Waals surface area contributed by atoms with Gasteiger partial charge in [0.25, 0.3) is 0 Å². The molecule has 0 amide bonds. The molecular weight excluding hydrogens is 703 g/mol. The van der Waals surface area contributed by atoms with E-state index in [4.69, 9.17) is 4.98 Å². The zero-order valence-corrected chi connectivity index (χ0v) is 31.5. The van der Waals surface area contributed by atoms with E-state index in [-0.39, 0.29) is 0 Å². The highest BCUT2D eigenvalue weighted by atomic mass is 15.1. The molecule has 0 fully saturated rings. The van der Waals surface area contributed by atoms with Crippen LogP contribution in [0, 0.1) is 0 Å². The number of pyridine rings is 1. The summed E-state index contributed by atoms with van der Waals surface area (Å²) in [6.45, 7) is 0. The average molecular weight is 738 g/mol. The summed E-state index contributed by atoms with van der Waals surface area (Å²) in [5.74, 6) is 0. The van der Waals surface area contributed by atoms with Gasteiger partial charge in [0.15, 0.2) is 0 Å². The summed E-state index contributed by atoms with van der Waals surface area (Å²) in [4.78, 5) is 5.31. The molecule has 11 aromatic rings. The van der Waals surface area contributed by atoms with Gasteiger partial charge in [-0.05, 0) is 86.3 Å². The molecule has 0 saturated carbocycles. The number of allylic oxidation sites excluding steroid dienone is 2. The third-order valence-corrected chi connectivity index (χ3v) is 13.2. The molecule has 3 heteroatoms. The predicted octanol–water partition coefficient (Wildman–Crippen LogP) is 13.2. The Hall–Kier alpha value is -7.49. The smallest absolute Gasteiger partial charge is 0.116 e. The first-order chi connectivity index (χ1) is 28.8. The van der Waals surface area contributed by atoms with Crippen molar-refractivity contribution < 1.29 is 0 Å². The maximum atomic E-state index is 5.31. The Morgan fingerprint density at radius 2 is 0.724 bits per heavy atom. The van der Waals surface area contributed by atoms with Crippen LogP contribution in [0.15, 0.2) is 200 Å². The van der Waals surface area contributed by atoms with Gasteiger partial charge in [0.1, 0.15) is 11.1 Å². The monoisotopic (exact) mass is 737 g/mol. The van der Waals surface area contributed by atoms with Crippen LogP contribution in [0.4, 0.5) is 0 Å². The minimum Gasteiger partial charge on any atom is -0.322 e. The molecule has 2 unspecified atom stereocenters. The van der Waals surface area contributed by atoms with Crippen LogP contribution in [0.5, 0.6) is 0 Å². The fourth-order valence-electron chi connectivity index (χ4n) is 10.9. The van der Waals surface area contributed by atoms with Crippen LogP contribution < -0.4 is 0 Å². The molecule has 0 bridgehead atoms. The van der Waals surface area contributed by atoms with Crippen molar-refractivity contribution in [3.63, 3.8) is 0 Å². The zero-order valence-electron chi connectivity index (χ0n) is 31.5. The highest BCUT2D eigenvalue weighted by molar-refractivity contribution is 6.11. The molecule has 0 N–H and O–H groups in total. The van der Waals surface area contributed by atoms with Crippen LogP contribution in [-0.2, 0) is 11.1 Å². The van der Waals surface area contributed by atoms with Crippen LogP contribution in [0.3, 0.4) is 0 Å². The van der Waals surface area contributed by atoms with Gasteiger partial charge in [-0.25, -0.2) is 0 Å². The third kappa shape index (κ3) is 3.95. The first kappa shape index (κ1) is 31.7. The lowest BCUT2D eigenvalue weighted by Crippen LogP contribution is -2.38. The first-order valence-electron chi connectivity index (χ1n) is 20.1. The zero-order chi connectivity index (χ0) is 38.0. The molecule has 270 valence electrons. The van der Waals surface area contributed by atoms with E-state index in [1.54, 1.807) is 0 Å². The number of aromatic nitrogens is 3. The summed E-state index contributed by atoms with van der Waals surface area (Å²) < 4.78 is 5.17. The minimum absolute atomic E-state index is 0.746. The lowest BCUT2D eigenvalue weighted by atomic mass is 9.72. The van der Waals surface area contributed by atoms with Crippen molar-refractivity contribution in [3.8, 4) is 0 Å². The van der Waals surface area contributed by atoms with Gasteiger partial charge in [-0.15, -0.1) is 0 Å². The fourth-order valence-corrected chi connectivity index (χ4v) is 10.9. The summed E-state index contributed by atoms with van der Waals surface area (Å²) in [6, 6.07) is 64.9. The second-order valence-corrected chi connectivity index (χ2v) is 15.9. The summed E-state index contributed by atoms with van der Waals surface area (Å²) in [6.07, 6.45) is 13.8. The Labute approximate surface area is 335 Å². The summed E-state index contributed by atoms with van der Waals surface area (Å²) >= 11 is 0. The van der Waals surface area contributed by atoms with E-state index in [0.717, 1.165) is 11.1 Å². The molecule has 2 atom stereocenters. The first-order valence-corrected chi connectivity index (χ1v) is 20.1. The maximum absolute atomic E-state index is 5.31. The number of hydrogen-bond acceptors (Lipinski definition) is 1.